The van der Waals surface area contributed by atoms with Crippen LogP contribution in [0, 0.1) is 5.92 Å². The zero-order valence-corrected chi connectivity index (χ0v) is 16.6. The molecule has 1 aliphatic rings. The summed E-state index contributed by atoms with van der Waals surface area (Å²) in [6, 6.07) is 14.0. The number of thiazole rings is 1. The van der Waals surface area contributed by atoms with Crippen molar-refractivity contribution in [1.29, 1.82) is 0 Å². The lowest BCUT2D eigenvalue weighted by Crippen LogP contribution is -2.38. The van der Waals surface area contributed by atoms with Crippen molar-refractivity contribution in [3.8, 4) is 10.9 Å². The molecule has 7 heteroatoms. The number of carboxylic acid groups (broad SMARTS) is 1. The van der Waals surface area contributed by atoms with E-state index in [0.717, 1.165) is 52.8 Å². The van der Waals surface area contributed by atoms with Crippen LogP contribution in [-0.2, 0) is 11.3 Å². The molecule has 0 amide bonds. The summed E-state index contributed by atoms with van der Waals surface area (Å²) < 4.78 is 7.09. The Bertz CT molecular complexity index is 1150. The third-order valence-corrected chi connectivity index (χ3v) is 6.38. The first-order valence-electron chi connectivity index (χ1n) is 9.74. The van der Waals surface area contributed by atoms with Crippen molar-refractivity contribution in [2.45, 2.75) is 19.4 Å². The van der Waals surface area contributed by atoms with E-state index in [1.165, 1.54) is 16.9 Å². The maximum Gasteiger partial charge on any atom is 0.307 e. The van der Waals surface area contributed by atoms with Crippen molar-refractivity contribution in [2.75, 3.05) is 13.1 Å². The molecule has 1 saturated heterocycles. The van der Waals surface area contributed by atoms with Crippen molar-refractivity contribution in [3.05, 3.63) is 54.2 Å². The predicted octanol–water partition coefficient (Wildman–Crippen LogP) is 4.87. The molecule has 2 aromatic heterocycles. The Balaban J connectivity index is 1.33. The number of ether oxygens (including phenoxy) is 1. The number of carboxylic acids is 1. The smallest absolute Gasteiger partial charge is 0.307 e. The van der Waals surface area contributed by atoms with E-state index in [0.29, 0.717) is 11.7 Å². The van der Waals surface area contributed by atoms with Gasteiger partial charge in [0.25, 0.3) is 5.19 Å². The van der Waals surface area contributed by atoms with Gasteiger partial charge in [-0.1, -0.05) is 23.5 Å². The first kappa shape index (κ1) is 18.1. The van der Waals surface area contributed by atoms with Gasteiger partial charge in [-0.3, -0.25) is 9.69 Å². The number of H-pyrrole nitrogens is 1. The van der Waals surface area contributed by atoms with E-state index in [1.54, 1.807) is 0 Å². The molecule has 2 N–H and O–H groups in total. The van der Waals surface area contributed by atoms with E-state index in [-0.39, 0.29) is 5.92 Å². The average Bonchev–Trinajstić information content (AvgIpc) is 3.31. The molecule has 1 aliphatic heterocycles. The number of piperidine rings is 1. The van der Waals surface area contributed by atoms with Gasteiger partial charge in [-0.25, -0.2) is 4.98 Å². The lowest BCUT2D eigenvalue weighted by atomic mass is 9.98. The molecule has 0 radical (unpaired) electrons. The first-order chi connectivity index (χ1) is 14.2. The maximum atomic E-state index is 11.3. The fraction of sp³-hybridized carbons (Fsp3) is 0.273. The van der Waals surface area contributed by atoms with Crippen molar-refractivity contribution in [2.24, 2.45) is 5.92 Å². The molecule has 148 valence electrons. The number of hydrogen-bond donors (Lipinski definition) is 2. The van der Waals surface area contributed by atoms with Gasteiger partial charge in [-0.15, -0.1) is 0 Å². The van der Waals surface area contributed by atoms with Crippen LogP contribution in [0.15, 0.2) is 48.7 Å². The van der Waals surface area contributed by atoms with E-state index in [9.17, 15) is 9.90 Å². The minimum atomic E-state index is -0.690. The van der Waals surface area contributed by atoms with Gasteiger partial charge >= 0.3 is 5.97 Å². The van der Waals surface area contributed by atoms with Crippen molar-refractivity contribution in [1.82, 2.24) is 14.9 Å². The lowest BCUT2D eigenvalue weighted by Gasteiger charge is -2.30. The molecule has 0 bridgehead atoms. The largest absolute Gasteiger partial charge is 0.481 e. The second-order valence-electron chi connectivity index (χ2n) is 7.48. The molecule has 6 nitrogen and oxygen atoms in total. The summed E-state index contributed by atoms with van der Waals surface area (Å²) in [7, 11) is 0. The van der Waals surface area contributed by atoms with E-state index in [4.69, 9.17) is 4.74 Å². The molecule has 5 rings (SSSR count). The fourth-order valence-electron chi connectivity index (χ4n) is 4.00. The topological polar surface area (TPSA) is 78.5 Å². The minimum absolute atomic E-state index is 0.261. The molecule has 1 fully saturated rings. The molecule has 29 heavy (non-hydrogen) atoms. The molecule has 0 saturated carbocycles. The van der Waals surface area contributed by atoms with Crippen LogP contribution in [0.25, 0.3) is 21.1 Å². The average molecular weight is 407 g/mol. The van der Waals surface area contributed by atoms with Crippen molar-refractivity contribution < 1.29 is 14.6 Å². The van der Waals surface area contributed by atoms with Crippen LogP contribution in [0.1, 0.15) is 18.4 Å². The molecular formula is C22H21N3O3S. The summed E-state index contributed by atoms with van der Waals surface area (Å²) in [6.07, 6.45) is 3.71. The molecule has 0 aliphatic carbocycles. The number of nitrogens with zero attached hydrogens (tertiary/aromatic N) is 2. The summed E-state index contributed by atoms with van der Waals surface area (Å²) in [5, 5.41) is 11.1. The Labute approximate surface area is 171 Å². The van der Waals surface area contributed by atoms with Crippen LogP contribution in [0.4, 0.5) is 0 Å². The monoisotopic (exact) mass is 407 g/mol. The quantitative estimate of drug-likeness (QED) is 0.494. The van der Waals surface area contributed by atoms with Crippen LogP contribution in [0.2, 0.25) is 0 Å². The molecule has 4 aromatic rings. The lowest BCUT2D eigenvalue weighted by molar-refractivity contribution is -0.143. The van der Waals surface area contributed by atoms with Gasteiger partial charge in [0.15, 0.2) is 0 Å². The van der Waals surface area contributed by atoms with Crippen LogP contribution < -0.4 is 4.74 Å². The number of aliphatic carboxylic acids is 1. The standard InChI is InChI=1S/C22H21N3O3S/c26-21(27)14-4-3-9-25(12-14)13-15-11-23-19-10-16(7-8-17(15)19)28-22-24-18-5-1-2-6-20(18)29-22/h1-2,5-8,10-11,14,23H,3-4,9,12-13H2,(H,26,27). The molecule has 1 unspecified atom stereocenters. The summed E-state index contributed by atoms with van der Waals surface area (Å²) >= 11 is 1.53. The van der Waals surface area contributed by atoms with E-state index < -0.39 is 5.97 Å². The van der Waals surface area contributed by atoms with Gasteiger partial charge in [0, 0.05) is 36.3 Å². The first-order valence-corrected chi connectivity index (χ1v) is 10.6. The Morgan fingerprint density at radius 1 is 1.31 bits per heavy atom. The van der Waals surface area contributed by atoms with Gasteiger partial charge < -0.3 is 14.8 Å². The number of likely N-dealkylation sites (tertiary alicyclic amines) is 1. The number of rotatable bonds is 5. The normalized spacial score (nSPS) is 17.7. The van der Waals surface area contributed by atoms with Crippen LogP contribution in [0.5, 0.6) is 10.9 Å². The highest BCUT2D eigenvalue weighted by Gasteiger charge is 2.25. The summed E-state index contributed by atoms with van der Waals surface area (Å²) in [6.45, 7) is 2.30. The Hall–Kier alpha value is -2.90. The van der Waals surface area contributed by atoms with Gasteiger partial charge in [-0.05, 0) is 49.2 Å². The van der Waals surface area contributed by atoms with Crippen LogP contribution in [0.3, 0.4) is 0 Å². The van der Waals surface area contributed by atoms with Crippen molar-refractivity contribution >= 4 is 38.4 Å². The molecule has 1 atom stereocenters. The van der Waals surface area contributed by atoms with E-state index in [2.05, 4.69) is 20.9 Å². The second-order valence-corrected chi connectivity index (χ2v) is 8.48. The Morgan fingerprint density at radius 2 is 2.21 bits per heavy atom. The molecule has 0 spiro atoms. The van der Waals surface area contributed by atoms with Gasteiger partial charge in [0.1, 0.15) is 5.75 Å². The second kappa shape index (κ2) is 7.50. The van der Waals surface area contributed by atoms with Gasteiger partial charge in [0.05, 0.1) is 16.1 Å². The highest BCUT2D eigenvalue weighted by molar-refractivity contribution is 7.20. The number of carbonyl (C=O) groups is 1. The van der Waals surface area contributed by atoms with Crippen molar-refractivity contribution in [3.63, 3.8) is 0 Å². The van der Waals surface area contributed by atoms with Gasteiger partial charge in [0.2, 0.25) is 0 Å². The number of hydrogen-bond acceptors (Lipinski definition) is 5. The fourth-order valence-corrected chi connectivity index (χ4v) is 4.83. The Kier molecular flexibility index (Phi) is 4.69. The third kappa shape index (κ3) is 3.71. The van der Waals surface area contributed by atoms with Gasteiger partial charge in [-0.2, -0.15) is 0 Å². The Morgan fingerprint density at radius 3 is 3.07 bits per heavy atom. The number of fused-ring (bicyclic) bond motifs is 2. The van der Waals surface area contributed by atoms with E-state index in [1.807, 2.05) is 42.6 Å². The number of aromatic nitrogens is 2. The number of aromatic amines is 1. The maximum absolute atomic E-state index is 11.3. The summed E-state index contributed by atoms with van der Waals surface area (Å²) in [5.41, 5.74) is 3.12. The minimum Gasteiger partial charge on any atom is -0.481 e. The number of benzene rings is 2. The SMILES string of the molecule is O=C(O)C1CCCN(Cc2c[nH]c3cc(Oc4nc5ccccc5s4)ccc23)C1. The van der Waals surface area contributed by atoms with E-state index >= 15 is 0 Å². The summed E-state index contributed by atoms with van der Waals surface area (Å²) in [5.74, 6) is -0.207. The zero-order valence-electron chi connectivity index (χ0n) is 15.8. The highest BCUT2D eigenvalue weighted by Crippen LogP contribution is 2.33. The number of nitrogens with one attached hydrogen (secondary N) is 1. The van der Waals surface area contributed by atoms with Crippen LogP contribution >= 0.6 is 11.3 Å². The zero-order chi connectivity index (χ0) is 19.8. The summed E-state index contributed by atoms with van der Waals surface area (Å²) in [4.78, 5) is 21.4. The third-order valence-electron chi connectivity index (χ3n) is 5.47. The molecular weight excluding hydrogens is 386 g/mol. The highest BCUT2D eigenvalue weighted by atomic mass is 32.1. The molecule has 2 aromatic carbocycles. The number of para-hydroxylation sites is 1. The van der Waals surface area contributed by atoms with Crippen LogP contribution in [-0.4, -0.2) is 39.0 Å². The molecule has 3 heterocycles. The predicted molar refractivity (Wildman–Crippen MR) is 114 cm³/mol.